The second-order valence-electron chi connectivity index (χ2n) is 11.7. The predicted molar refractivity (Wildman–Crippen MR) is 164 cm³/mol. The van der Waals surface area contributed by atoms with Crippen molar-refractivity contribution in [3.63, 3.8) is 0 Å². The van der Waals surface area contributed by atoms with Gasteiger partial charge in [-0.05, 0) is 62.2 Å². The van der Waals surface area contributed by atoms with E-state index in [2.05, 4.69) is 20.9 Å². The fraction of sp³-hybridized carbons (Fsp3) is 0.303. The van der Waals surface area contributed by atoms with Gasteiger partial charge in [0.05, 0.1) is 28.7 Å². The number of hydrogen-bond acceptors (Lipinski definition) is 5. The second-order valence-corrected chi connectivity index (χ2v) is 12.5. The molecule has 4 aromatic rings. The zero-order chi connectivity index (χ0) is 30.2. The summed E-state index contributed by atoms with van der Waals surface area (Å²) in [6.45, 7) is 5.17. The molecule has 1 saturated heterocycles. The molecule has 10 heteroatoms. The molecule has 4 heterocycles. The first-order valence-electron chi connectivity index (χ1n) is 14.2. The largest absolute Gasteiger partial charge is 0.465 e. The Balaban J connectivity index is 1.54. The highest BCUT2D eigenvalue weighted by Gasteiger charge is 2.68. The molecule has 1 spiro atoms. The number of ether oxygens (including phenoxy) is 1. The van der Waals surface area contributed by atoms with E-state index in [0.717, 1.165) is 22.5 Å². The Labute approximate surface area is 258 Å². The lowest BCUT2D eigenvalue weighted by molar-refractivity contribution is -0.127. The molecule has 0 aliphatic carbocycles. The molecule has 0 unspecified atom stereocenters. The van der Waals surface area contributed by atoms with Crippen LogP contribution in [0, 0.1) is 5.82 Å². The molecule has 3 aliphatic rings. The number of likely N-dealkylation sites (tertiary alicyclic amines) is 1. The number of benzene rings is 3. The van der Waals surface area contributed by atoms with E-state index in [1.807, 2.05) is 26.0 Å². The molecule has 1 fully saturated rings. The van der Waals surface area contributed by atoms with Gasteiger partial charge in [-0.3, -0.25) is 9.69 Å². The van der Waals surface area contributed by atoms with Crippen LogP contribution in [0.4, 0.5) is 10.1 Å². The van der Waals surface area contributed by atoms with Crippen LogP contribution in [-0.4, -0.2) is 46.0 Å². The maximum atomic E-state index is 16.2. The SMILES string of the molecule is COC(=O)c1ccc2c(c1)nc1n2CC[C@H]2[C@@H]1[C@H](c1cccc(Cl)c1F)[C@]1(C(=O)Nc3cc(Cl)ccc31)N2CC=C(C)C. The number of aromatic nitrogens is 2. The second kappa shape index (κ2) is 10.2. The number of allylic oxidation sites excluding steroid dienone is 1. The highest BCUT2D eigenvalue weighted by atomic mass is 35.5. The van der Waals surface area contributed by atoms with Crippen molar-refractivity contribution in [3.8, 4) is 0 Å². The van der Waals surface area contributed by atoms with Crippen LogP contribution in [0.3, 0.4) is 0 Å². The number of methoxy groups -OCH3 is 1. The molecule has 220 valence electrons. The van der Waals surface area contributed by atoms with Crippen molar-refractivity contribution in [2.45, 2.75) is 50.2 Å². The van der Waals surface area contributed by atoms with Gasteiger partial charge in [-0.1, -0.05) is 53.1 Å². The fourth-order valence-electron chi connectivity index (χ4n) is 7.54. The first kappa shape index (κ1) is 28.1. The zero-order valence-corrected chi connectivity index (χ0v) is 25.3. The number of imidazole rings is 1. The number of nitrogens with zero attached hydrogens (tertiary/aromatic N) is 3. The number of anilines is 1. The molecule has 1 N–H and O–H groups in total. The Kier molecular flexibility index (Phi) is 6.65. The molecular weight excluding hydrogens is 590 g/mol. The van der Waals surface area contributed by atoms with Crippen LogP contribution in [0.2, 0.25) is 10.0 Å². The maximum Gasteiger partial charge on any atom is 0.337 e. The summed E-state index contributed by atoms with van der Waals surface area (Å²) in [6, 6.07) is 15.6. The lowest BCUT2D eigenvalue weighted by Gasteiger charge is -2.39. The van der Waals surface area contributed by atoms with Gasteiger partial charge < -0.3 is 14.6 Å². The Morgan fingerprint density at radius 3 is 2.77 bits per heavy atom. The third-order valence-corrected chi connectivity index (χ3v) is 9.75. The third kappa shape index (κ3) is 4.00. The van der Waals surface area contributed by atoms with E-state index in [0.29, 0.717) is 46.9 Å². The first-order valence-corrected chi connectivity index (χ1v) is 15.0. The lowest BCUT2D eigenvalue weighted by Crippen LogP contribution is -2.52. The van der Waals surface area contributed by atoms with Crippen LogP contribution >= 0.6 is 23.2 Å². The molecule has 0 radical (unpaired) electrons. The van der Waals surface area contributed by atoms with E-state index < -0.39 is 23.2 Å². The van der Waals surface area contributed by atoms with Crippen molar-refractivity contribution in [2.24, 2.45) is 0 Å². The number of amides is 1. The molecule has 1 aromatic heterocycles. The smallest absolute Gasteiger partial charge is 0.337 e. The summed E-state index contributed by atoms with van der Waals surface area (Å²) in [4.78, 5) is 34.2. The number of halogens is 3. The Bertz CT molecular complexity index is 1870. The molecule has 7 rings (SSSR count). The van der Waals surface area contributed by atoms with Gasteiger partial charge in [-0.25, -0.2) is 14.2 Å². The van der Waals surface area contributed by atoms with Crippen LogP contribution in [0.15, 0.2) is 66.2 Å². The average molecular weight is 620 g/mol. The molecular formula is C33H29Cl2FN4O3. The van der Waals surface area contributed by atoms with Crippen LogP contribution in [0.5, 0.6) is 0 Å². The molecule has 1 amide bonds. The van der Waals surface area contributed by atoms with Gasteiger partial charge in [0.2, 0.25) is 5.91 Å². The van der Waals surface area contributed by atoms with E-state index in [-0.39, 0.29) is 22.9 Å². The predicted octanol–water partition coefficient (Wildman–Crippen LogP) is 7.04. The van der Waals surface area contributed by atoms with E-state index in [1.54, 1.807) is 36.4 Å². The molecule has 7 nitrogen and oxygen atoms in total. The Morgan fingerprint density at radius 2 is 2.00 bits per heavy atom. The van der Waals surface area contributed by atoms with Crippen LogP contribution < -0.4 is 5.32 Å². The minimum absolute atomic E-state index is 0.00582. The van der Waals surface area contributed by atoms with Crippen molar-refractivity contribution in [1.29, 1.82) is 0 Å². The normalized spacial score (nSPS) is 24.0. The van der Waals surface area contributed by atoms with E-state index in [9.17, 15) is 9.59 Å². The maximum absolute atomic E-state index is 16.2. The summed E-state index contributed by atoms with van der Waals surface area (Å²) < 4.78 is 23.3. The lowest BCUT2D eigenvalue weighted by atomic mass is 9.70. The van der Waals surface area contributed by atoms with Crippen molar-refractivity contribution in [2.75, 3.05) is 19.0 Å². The molecule has 43 heavy (non-hydrogen) atoms. The van der Waals surface area contributed by atoms with Crippen LogP contribution in [-0.2, 0) is 21.6 Å². The summed E-state index contributed by atoms with van der Waals surface area (Å²) in [7, 11) is 1.34. The zero-order valence-electron chi connectivity index (χ0n) is 23.8. The molecule has 4 atom stereocenters. The fourth-order valence-corrected chi connectivity index (χ4v) is 7.90. The minimum Gasteiger partial charge on any atom is -0.465 e. The number of rotatable bonds is 4. The Hall–Kier alpha value is -3.72. The topological polar surface area (TPSA) is 76.5 Å². The minimum atomic E-state index is -1.27. The highest BCUT2D eigenvalue weighted by Crippen LogP contribution is 2.64. The van der Waals surface area contributed by atoms with Crippen LogP contribution in [0.1, 0.15) is 59.4 Å². The van der Waals surface area contributed by atoms with Crippen molar-refractivity contribution in [1.82, 2.24) is 14.5 Å². The van der Waals surface area contributed by atoms with Crippen molar-refractivity contribution < 1.29 is 18.7 Å². The monoisotopic (exact) mass is 618 g/mol. The summed E-state index contributed by atoms with van der Waals surface area (Å²) in [5, 5.41) is 3.58. The van der Waals surface area contributed by atoms with Crippen molar-refractivity contribution in [3.05, 3.63) is 105 Å². The van der Waals surface area contributed by atoms with E-state index in [4.69, 9.17) is 32.9 Å². The number of nitrogens with one attached hydrogen (secondary N) is 1. The molecule has 0 saturated carbocycles. The van der Waals surface area contributed by atoms with Gasteiger partial charge in [-0.15, -0.1) is 0 Å². The number of carbonyl (C=O) groups is 2. The summed E-state index contributed by atoms with van der Waals surface area (Å²) in [6.07, 6.45) is 2.81. The summed E-state index contributed by atoms with van der Waals surface area (Å²) in [5.74, 6) is -1.55. The van der Waals surface area contributed by atoms with Gasteiger partial charge in [0.1, 0.15) is 17.2 Å². The summed E-state index contributed by atoms with van der Waals surface area (Å²) in [5.41, 5.74) is 3.47. The van der Waals surface area contributed by atoms with Gasteiger partial charge in [0.15, 0.2) is 0 Å². The average Bonchev–Trinajstić information content (AvgIpc) is 3.59. The molecule has 0 bridgehead atoms. The van der Waals surface area contributed by atoms with Gasteiger partial charge in [0.25, 0.3) is 0 Å². The van der Waals surface area contributed by atoms with E-state index in [1.165, 1.54) is 13.2 Å². The number of esters is 1. The van der Waals surface area contributed by atoms with Crippen LogP contribution in [0.25, 0.3) is 11.0 Å². The summed E-state index contributed by atoms with van der Waals surface area (Å²) >= 11 is 12.8. The number of carbonyl (C=O) groups excluding carboxylic acids is 2. The number of aryl methyl sites for hydroxylation is 1. The number of hydrogen-bond donors (Lipinski definition) is 1. The highest BCUT2D eigenvalue weighted by molar-refractivity contribution is 6.31. The first-order chi connectivity index (χ1) is 20.7. The quantitative estimate of drug-likeness (QED) is 0.196. The Morgan fingerprint density at radius 1 is 1.19 bits per heavy atom. The standard InChI is InChI=1S/C33H29Cl2FN4O3/c1-17(2)11-14-40-26-12-13-39-25-10-7-18(31(41)43-3)15-24(25)37-30(39)27(26)28(20-5-4-6-22(35)29(20)36)33(40)21-9-8-19(34)16-23(21)38-32(33)42/h4-11,15-16,26-28H,12-14H2,1-3H3,(H,38,42)/t26-,27+,28-,33+/m0/s1. The third-order valence-electron chi connectivity index (χ3n) is 9.22. The molecule has 3 aliphatic heterocycles. The van der Waals surface area contributed by atoms with Gasteiger partial charge >= 0.3 is 5.97 Å². The van der Waals surface area contributed by atoms with E-state index >= 15 is 4.39 Å². The molecule has 3 aromatic carbocycles. The number of fused-ring (bicyclic) bond motifs is 7. The van der Waals surface area contributed by atoms with Crippen molar-refractivity contribution >= 4 is 51.8 Å². The van der Waals surface area contributed by atoms with Gasteiger partial charge in [0, 0.05) is 47.2 Å². The van der Waals surface area contributed by atoms with Gasteiger partial charge in [-0.2, -0.15) is 0 Å².